The van der Waals surface area contributed by atoms with Crippen molar-refractivity contribution in [3.8, 4) is 6.07 Å². The minimum Gasteiger partial charge on any atom is -0.391 e. The molecule has 0 amide bonds. The van der Waals surface area contributed by atoms with Crippen LogP contribution in [0.1, 0.15) is 31.2 Å². The zero-order valence-electron chi connectivity index (χ0n) is 10.4. The second-order valence-corrected chi connectivity index (χ2v) is 6.43. The molecule has 1 fully saturated rings. The second kappa shape index (κ2) is 5.70. The average molecular weight is 280 g/mol. The van der Waals surface area contributed by atoms with Gasteiger partial charge in [-0.1, -0.05) is 18.9 Å². The molecule has 1 aliphatic rings. The van der Waals surface area contributed by atoms with Gasteiger partial charge in [0.1, 0.15) is 0 Å². The molecule has 102 valence electrons. The van der Waals surface area contributed by atoms with E-state index in [1.54, 1.807) is 6.07 Å². The summed E-state index contributed by atoms with van der Waals surface area (Å²) in [6, 6.07) is 7.33. The fourth-order valence-corrected chi connectivity index (χ4v) is 3.60. The van der Waals surface area contributed by atoms with Crippen molar-refractivity contribution in [2.24, 2.45) is 0 Å². The maximum Gasteiger partial charge on any atom is 0.240 e. The van der Waals surface area contributed by atoms with Crippen LogP contribution in [0.2, 0.25) is 0 Å². The van der Waals surface area contributed by atoms with Crippen LogP contribution in [-0.2, 0) is 10.0 Å². The molecule has 6 heteroatoms. The van der Waals surface area contributed by atoms with E-state index in [1.807, 2.05) is 6.07 Å². The third kappa shape index (κ3) is 3.32. The normalized spacial score (nSPS) is 23.8. The lowest BCUT2D eigenvalue weighted by Crippen LogP contribution is -2.44. The van der Waals surface area contributed by atoms with Gasteiger partial charge in [-0.2, -0.15) is 5.26 Å². The number of benzene rings is 1. The molecular formula is C13H16N2O3S. The lowest BCUT2D eigenvalue weighted by atomic mass is 9.93. The first-order chi connectivity index (χ1) is 9.03. The Morgan fingerprint density at radius 2 is 2.05 bits per heavy atom. The van der Waals surface area contributed by atoms with Gasteiger partial charge in [-0.05, 0) is 31.0 Å². The lowest BCUT2D eigenvalue weighted by Gasteiger charge is -2.28. The van der Waals surface area contributed by atoms with Crippen LogP contribution in [0, 0.1) is 11.3 Å². The Kier molecular flexibility index (Phi) is 4.20. The minimum absolute atomic E-state index is 0.0596. The summed E-state index contributed by atoms with van der Waals surface area (Å²) in [5.41, 5.74) is 0.298. The first-order valence-corrected chi connectivity index (χ1v) is 7.72. The van der Waals surface area contributed by atoms with Crippen LogP contribution in [0.4, 0.5) is 0 Å². The number of nitrogens with zero attached hydrogens (tertiary/aromatic N) is 1. The molecule has 0 heterocycles. The lowest BCUT2D eigenvalue weighted by molar-refractivity contribution is 0.101. The SMILES string of the molecule is N#Cc1cccc(S(=O)(=O)N[C@H]2CCCC[C@@H]2O)c1. The van der Waals surface area contributed by atoms with Gasteiger partial charge in [-0.15, -0.1) is 0 Å². The number of aliphatic hydroxyl groups excluding tert-OH is 1. The Morgan fingerprint density at radius 3 is 2.74 bits per heavy atom. The van der Waals surface area contributed by atoms with E-state index in [-0.39, 0.29) is 4.90 Å². The summed E-state index contributed by atoms with van der Waals surface area (Å²) < 4.78 is 26.9. The standard InChI is InChI=1S/C13H16N2O3S/c14-9-10-4-3-5-11(8-10)19(17,18)15-12-6-1-2-7-13(12)16/h3-5,8,12-13,15-16H,1-2,6-7H2/t12-,13-/m0/s1. The van der Waals surface area contributed by atoms with Crippen LogP contribution in [0.15, 0.2) is 29.2 Å². The van der Waals surface area contributed by atoms with Gasteiger partial charge in [0.15, 0.2) is 0 Å². The molecule has 2 rings (SSSR count). The van der Waals surface area contributed by atoms with Crippen LogP contribution in [-0.4, -0.2) is 25.7 Å². The Labute approximate surface area is 112 Å². The second-order valence-electron chi connectivity index (χ2n) is 4.72. The molecule has 0 bridgehead atoms. The predicted octanol–water partition coefficient (Wildman–Crippen LogP) is 1.14. The number of hydrogen-bond acceptors (Lipinski definition) is 4. The highest BCUT2D eigenvalue weighted by Crippen LogP contribution is 2.21. The fraction of sp³-hybridized carbons (Fsp3) is 0.462. The van der Waals surface area contributed by atoms with Crippen molar-refractivity contribution in [1.29, 1.82) is 5.26 Å². The monoisotopic (exact) mass is 280 g/mol. The summed E-state index contributed by atoms with van der Waals surface area (Å²) in [5.74, 6) is 0. The van der Waals surface area contributed by atoms with Crippen molar-refractivity contribution in [2.45, 2.75) is 42.7 Å². The largest absolute Gasteiger partial charge is 0.391 e. The molecule has 0 radical (unpaired) electrons. The van der Waals surface area contributed by atoms with Crippen LogP contribution < -0.4 is 4.72 Å². The molecule has 1 saturated carbocycles. The van der Waals surface area contributed by atoms with Crippen LogP contribution in [0.25, 0.3) is 0 Å². The Balaban J connectivity index is 2.20. The highest BCUT2D eigenvalue weighted by Gasteiger charge is 2.28. The molecule has 5 nitrogen and oxygen atoms in total. The summed E-state index contributed by atoms with van der Waals surface area (Å²) in [4.78, 5) is 0.0596. The summed E-state index contributed by atoms with van der Waals surface area (Å²) in [6.45, 7) is 0. The fourth-order valence-electron chi connectivity index (χ4n) is 2.25. The van der Waals surface area contributed by atoms with Crippen molar-refractivity contribution >= 4 is 10.0 Å². The van der Waals surface area contributed by atoms with Gasteiger partial charge in [0.2, 0.25) is 10.0 Å². The summed E-state index contributed by atoms with van der Waals surface area (Å²) in [6.07, 6.45) is 2.44. The van der Waals surface area contributed by atoms with E-state index in [0.29, 0.717) is 18.4 Å². The molecule has 0 spiro atoms. The van der Waals surface area contributed by atoms with Gasteiger partial charge in [0, 0.05) is 6.04 Å². The first-order valence-electron chi connectivity index (χ1n) is 6.23. The number of sulfonamides is 1. The van der Waals surface area contributed by atoms with E-state index < -0.39 is 22.2 Å². The van der Waals surface area contributed by atoms with E-state index in [4.69, 9.17) is 5.26 Å². The maximum atomic E-state index is 12.2. The van der Waals surface area contributed by atoms with E-state index in [1.165, 1.54) is 18.2 Å². The van der Waals surface area contributed by atoms with Crippen molar-refractivity contribution in [1.82, 2.24) is 4.72 Å². The van der Waals surface area contributed by atoms with Crippen LogP contribution in [0.3, 0.4) is 0 Å². The maximum absolute atomic E-state index is 12.2. The number of nitriles is 1. The number of aliphatic hydroxyl groups is 1. The third-order valence-corrected chi connectivity index (χ3v) is 4.80. The summed E-state index contributed by atoms with van der Waals surface area (Å²) >= 11 is 0. The van der Waals surface area contributed by atoms with E-state index in [9.17, 15) is 13.5 Å². The zero-order valence-corrected chi connectivity index (χ0v) is 11.2. The van der Waals surface area contributed by atoms with Crippen molar-refractivity contribution in [2.75, 3.05) is 0 Å². The molecule has 2 N–H and O–H groups in total. The number of rotatable bonds is 3. The van der Waals surface area contributed by atoms with Gasteiger partial charge < -0.3 is 5.11 Å². The summed E-state index contributed by atoms with van der Waals surface area (Å²) in [7, 11) is -3.69. The Morgan fingerprint density at radius 1 is 1.32 bits per heavy atom. The highest BCUT2D eigenvalue weighted by molar-refractivity contribution is 7.89. The number of nitrogens with one attached hydrogen (secondary N) is 1. The molecule has 1 aliphatic carbocycles. The van der Waals surface area contributed by atoms with E-state index in [0.717, 1.165) is 12.8 Å². The number of hydrogen-bond donors (Lipinski definition) is 2. The Hall–Kier alpha value is -1.42. The Bertz CT molecular complexity index is 592. The molecule has 0 unspecified atom stereocenters. The van der Waals surface area contributed by atoms with E-state index in [2.05, 4.69) is 4.72 Å². The minimum atomic E-state index is -3.69. The topological polar surface area (TPSA) is 90.2 Å². The first kappa shape index (κ1) is 14.0. The van der Waals surface area contributed by atoms with Crippen molar-refractivity contribution < 1.29 is 13.5 Å². The van der Waals surface area contributed by atoms with Crippen molar-refractivity contribution in [3.05, 3.63) is 29.8 Å². The van der Waals surface area contributed by atoms with Crippen LogP contribution in [0.5, 0.6) is 0 Å². The summed E-state index contributed by atoms with van der Waals surface area (Å²) in [5, 5.41) is 18.6. The molecule has 0 aliphatic heterocycles. The van der Waals surface area contributed by atoms with Gasteiger partial charge in [0.05, 0.1) is 22.6 Å². The molecule has 0 aromatic heterocycles. The zero-order chi connectivity index (χ0) is 13.9. The predicted molar refractivity (Wildman–Crippen MR) is 69.7 cm³/mol. The molecular weight excluding hydrogens is 264 g/mol. The highest BCUT2D eigenvalue weighted by atomic mass is 32.2. The van der Waals surface area contributed by atoms with Crippen molar-refractivity contribution in [3.63, 3.8) is 0 Å². The van der Waals surface area contributed by atoms with Crippen LogP contribution >= 0.6 is 0 Å². The molecule has 1 aromatic rings. The third-order valence-electron chi connectivity index (χ3n) is 3.31. The van der Waals surface area contributed by atoms with E-state index >= 15 is 0 Å². The smallest absolute Gasteiger partial charge is 0.240 e. The average Bonchev–Trinajstić information content (AvgIpc) is 2.41. The van der Waals surface area contributed by atoms with Gasteiger partial charge in [-0.3, -0.25) is 0 Å². The molecule has 19 heavy (non-hydrogen) atoms. The quantitative estimate of drug-likeness (QED) is 0.868. The molecule has 1 aromatic carbocycles. The van der Waals surface area contributed by atoms with Gasteiger partial charge >= 0.3 is 0 Å². The molecule has 2 atom stereocenters. The van der Waals surface area contributed by atoms with Gasteiger partial charge in [-0.25, -0.2) is 13.1 Å². The molecule has 0 saturated heterocycles. The van der Waals surface area contributed by atoms with Gasteiger partial charge in [0.25, 0.3) is 0 Å².